The van der Waals surface area contributed by atoms with Crippen LogP contribution in [0.1, 0.15) is 27.2 Å². The lowest BCUT2D eigenvalue weighted by Crippen LogP contribution is -2.47. The number of carbonyl (C=O) groups excluding carboxylic acids is 1. The molecule has 1 saturated heterocycles. The predicted molar refractivity (Wildman–Crippen MR) is 53.9 cm³/mol. The molecule has 5 heteroatoms. The van der Waals surface area contributed by atoms with Gasteiger partial charge in [0.25, 0.3) is 0 Å². The van der Waals surface area contributed by atoms with Gasteiger partial charge in [0.1, 0.15) is 12.1 Å². The minimum absolute atomic E-state index is 0.147. The molecule has 0 aromatic heterocycles. The molecule has 15 heavy (non-hydrogen) atoms. The Morgan fingerprint density at radius 1 is 1.53 bits per heavy atom. The monoisotopic (exact) mass is 217 g/mol. The van der Waals surface area contributed by atoms with Crippen LogP contribution < -0.4 is 5.32 Å². The summed E-state index contributed by atoms with van der Waals surface area (Å²) < 4.78 is 5.23. The van der Waals surface area contributed by atoms with Gasteiger partial charge in [-0.15, -0.1) is 0 Å². The summed E-state index contributed by atoms with van der Waals surface area (Å²) >= 11 is 0. The van der Waals surface area contributed by atoms with Gasteiger partial charge in [0.15, 0.2) is 6.29 Å². The maximum Gasteiger partial charge on any atom is 0.217 e. The SMILES string of the molecule is CC[C@H](C)[C@H]1OC(O)[C@H](NC(C)=O)C1O. The number of aliphatic hydroxyl groups is 2. The van der Waals surface area contributed by atoms with Crippen LogP contribution in [0.5, 0.6) is 0 Å². The van der Waals surface area contributed by atoms with Gasteiger partial charge in [0, 0.05) is 6.92 Å². The minimum Gasteiger partial charge on any atom is -0.388 e. The van der Waals surface area contributed by atoms with Gasteiger partial charge in [0.2, 0.25) is 5.91 Å². The summed E-state index contributed by atoms with van der Waals surface area (Å²) in [6, 6.07) is -0.721. The number of hydrogen-bond donors (Lipinski definition) is 3. The van der Waals surface area contributed by atoms with Crippen molar-refractivity contribution in [1.82, 2.24) is 5.32 Å². The van der Waals surface area contributed by atoms with Crippen molar-refractivity contribution in [2.45, 2.75) is 51.7 Å². The standard InChI is InChI=1S/C10H19NO4/c1-4-5(2)9-8(13)7(10(14)15-9)11-6(3)12/h5,7-10,13-14H,4H2,1-3H3,(H,11,12)/t5-,7+,8?,9+,10?/m0/s1. The van der Waals surface area contributed by atoms with E-state index < -0.39 is 24.5 Å². The molecular formula is C10H19NO4. The van der Waals surface area contributed by atoms with Gasteiger partial charge in [-0.2, -0.15) is 0 Å². The topological polar surface area (TPSA) is 78.8 Å². The molecule has 1 fully saturated rings. The van der Waals surface area contributed by atoms with Gasteiger partial charge in [-0.05, 0) is 5.92 Å². The zero-order valence-electron chi connectivity index (χ0n) is 9.30. The van der Waals surface area contributed by atoms with E-state index in [0.717, 1.165) is 6.42 Å². The first-order valence-corrected chi connectivity index (χ1v) is 5.26. The maximum absolute atomic E-state index is 10.8. The average Bonchev–Trinajstić information content (AvgIpc) is 2.44. The molecule has 1 heterocycles. The summed E-state index contributed by atoms with van der Waals surface area (Å²) in [6.07, 6.45) is -1.54. The summed E-state index contributed by atoms with van der Waals surface area (Å²) in [5.74, 6) is -0.139. The molecule has 0 radical (unpaired) electrons. The number of ether oxygens (including phenoxy) is 1. The molecule has 0 saturated carbocycles. The van der Waals surface area contributed by atoms with E-state index in [0.29, 0.717) is 0 Å². The summed E-state index contributed by atoms with van der Waals surface area (Å²) in [7, 11) is 0. The first kappa shape index (κ1) is 12.4. The van der Waals surface area contributed by atoms with Gasteiger partial charge >= 0.3 is 0 Å². The molecule has 2 unspecified atom stereocenters. The lowest BCUT2D eigenvalue weighted by atomic mass is 9.95. The number of amides is 1. The quantitative estimate of drug-likeness (QED) is 0.602. The lowest BCUT2D eigenvalue weighted by Gasteiger charge is -2.21. The van der Waals surface area contributed by atoms with Crippen molar-refractivity contribution < 1.29 is 19.7 Å². The van der Waals surface area contributed by atoms with Crippen LogP contribution in [0.3, 0.4) is 0 Å². The van der Waals surface area contributed by atoms with Crippen LogP contribution in [-0.2, 0) is 9.53 Å². The van der Waals surface area contributed by atoms with Crippen molar-refractivity contribution in [1.29, 1.82) is 0 Å². The van der Waals surface area contributed by atoms with Gasteiger partial charge in [-0.1, -0.05) is 20.3 Å². The first-order chi connectivity index (χ1) is 6.97. The van der Waals surface area contributed by atoms with Crippen LogP contribution in [-0.4, -0.2) is 40.7 Å². The zero-order valence-corrected chi connectivity index (χ0v) is 9.30. The van der Waals surface area contributed by atoms with Gasteiger partial charge in [0.05, 0.1) is 6.10 Å². The van der Waals surface area contributed by atoms with Crippen molar-refractivity contribution in [3.05, 3.63) is 0 Å². The highest BCUT2D eigenvalue weighted by molar-refractivity contribution is 5.73. The molecule has 0 spiro atoms. The molecule has 0 aromatic carbocycles. The molecule has 0 aromatic rings. The van der Waals surface area contributed by atoms with Crippen molar-refractivity contribution in [3.8, 4) is 0 Å². The second kappa shape index (κ2) is 4.92. The van der Waals surface area contributed by atoms with Crippen LogP contribution >= 0.6 is 0 Å². The second-order valence-electron chi connectivity index (χ2n) is 4.09. The van der Waals surface area contributed by atoms with Crippen molar-refractivity contribution >= 4 is 5.91 Å². The van der Waals surface area contributed by atoms with E-state index in [1.54, 1.807) is 0 Å². The number of rotatable bonds is 3. The Kier molecular flexibility index (Phi) is 4.07. The first-order valence-electron chi connectivity index (χ1n) is 5.26. The highest BCUT2D eigenvalue weighted by Gasteiger charge is 2.44. The number of nitrogens with one attached hydrogen (secondary N) is 1. The van der Waals surface area contributed by atoms with E-state index in [2.05, 4.69) is 5.32 Å². The molecule has 5 nitrogen and oxygen atoms in total. The lowest BCUT2D eigenvalue weighted by molar-refractivity contribution is -0.128. The van der Waals surface area contributed by atoms with E-state index in [1.165, 1.54) is 6.92 Å². The highest BCUT2D eigenvalue weighted by atomic mass is 16.6. The number of carbonyl (C=O) groups is 1. The molecule has 0 bridgehead atoms. The second-order valence-corrected chi connectivity index (χ2v) is 4.09. The molecule has 1 rings (SSSR count). The zero-order chi connectivity index (χ0) is 11.6. The normalized spacial score (nSPS) is 37.7. The van der Waals surface area contributed by atoms with Crippen molar-refractivity contribution in [2.75, 3.05) is 0 Å². The Morgan fingerprint density at radius 2 is 2.13 bits per heavy atom. The minimum atomic E-state index is -1.12. The fourth-order valence-corrected chi connectivity index (χ4v) is 1.79. The number of hydrogen-bond acceptors (Lipinski definition) is 4. The Bertz CT molecular complexity index is 233. The van der Waals surface area contributed by atoms with Crippen LogP contribution in [0.4, 0.5) is 0 Å². The molecule has 3 N–H and O–H groups in total. The Hall–Kier alpha value is -0.650. The smallest absolute Gasteiger partial charge is 0.217 e. The Morgan fingerprint density at radius 3 is 2.60 bits per heavy atom. The van der Waals surface area contributed by atoms with Gasteiger partial charge < -0.3 is 20.3 Å². The third-order valence-electron chi connectivity index (χ3n) is 2.88. The summed E-state index contributed by atoms with van der Waals surface area (Å²) in [5, 5.41) is 21.9. The van der Waals surface area contributed by atoms with Gasteiger partial charge in [-0.25, -0.2) is 0 Å². The summed E-state index contributed by atoms with van der Waals surface area (Å²) in [6.45, 7) is 5.27. The van der Waals surface area contributed by atoms with Crippen LogP contribution in [0.25, 0.3) is 0 Å². The molecular weight excluding hydrogens is 198 g/mol. The van der Waals surface area contributed by atoms with Gasteiger partial charge in [-0.3, -0.25) is 4.79 Å². The van der Waals surface area contributed by atoms with Crippen molar-refractivity contribution in [2.24, 2.45) is 5.92 Å². The maximum atomic E-state index is 10.8. The van der Waals surface area contributed by atoms with E-state index >= 15 is 0 Å². The van der Waals surface area contributed by atoms with E-state index in [-0.39, 0.29) is 11.8 Å². The highest BCUT2D eigenvalue weighted by Crippen LogP contribution is 2.26. The van der Waals surface area contributed by atoms with Crippen LogP contribution in [0.2, 0.25) is 0 Å². The van der Waals surface area contributed by atoms with Crippen LogP contribution in [0.15, 0.2) is 0 Å². The number of aliphatic hydroxyl groups excluding tert-OH is 2. The third kappa shape index (κ3) is 2.68. The van der Waals surface area contributed by atoms with E-state index in [9.17, 15) is 15.0 Å². The summed E-state index contributed by atoms with van der Waals surface area (Å²) in [4.78, 5) is 10.8. The van der Waals surface area contributed by atoms with E-state index in [1.807, 2.05) is 13.8 Å². The molecule has 1 aliphatic heterocycles. The molecule has 1 aliphatic rings. The molecule has 88 valence electrons. The fourth-order valence-electron chi connectivity index (χ4n) is 1.79. The molecule has 0 aliphatic carbocycles. The average molecular weight is 217 g/mol. The Labute approximate surface area is 89.4 Å². The van der Waals surface area contributed by atoms with Crippen LogP contribution in [0, 0.1) is 5.92 Å². The van der Waals surface area contributed by atoms with Crippen molar-refractivity contribution in [3.63, 3.8) is 0 Å². The molecule has 1 amide bonds. The van der Waals surface area contributed by atoms with E-state index in [4.69, 9.17) is 4.74 Å². The largest absolute Gasteiger partial charge is 0.388 e. The molecule has 5 atom stereocenters. The fraction of sp³-hybridized carbons (Fsp3) is 0.900. The summed E-state index contributed by atoms with van der Waals surface area (Å²) in [5.41, 5.74) is 0. The Balaban J connectivity index is 2.65. The predicted octanol–water partition coefficient (Wildman–Crippen LogP) is -0.385. The third-order valence-corrected chi connectivity index (χ3v) is 2.88.